The molecular formula is C12H10BrClFNS. The highest BCUT2D eigenvalue weighted by atomic mass is 79.9. The Morgan fingerprint density at radius 2 is 2.12 bits per heavy atom. The summed E-state index contributed by atoms with van der Waals surface area (Å²) in [6.45, 7) is 2.04. The zero-order valence-electron chi connectivity index (χ0n) is 9.01. The molecular weight excluding hydrogens is 325 g/mol. The second kappa shape index (κ2) is 5.38. The number of thiophene rings is 1. The van der Waals surface area contributed by atoms with Crippen LogP contribution in [0.2, 0.25) is 5.02 Å². The first kappa shape index (κ1) is 12.9. The van der Waals surface area contributed by atoms with Gasteiger partial charge in [0.1, 0.15) is 5.82 Å². The SMILES string of the molecule is CC(Nc1ccc(F)cc1Cl)c1ccc(Br)s1. The second-order valence-corrected chi connectivity index (χ2v) is 6.53. The van der Waals surface area contributed by atoms with Crippen molar-refractivity contribution in [2.75, 3.05) is 5.32 Å². The van der Waals surface area contributed by atoms with E-state index in [1.165, 1.54) is 17.0 Å². The molecule has 2 rings (SSSR count). The van der Waals surface area contributed by atoms with E-state index in [0.717, 1.165) is 9.47 Å². The number of hydrogen-bond donors (Lipinski definition) is 1. The van der Waals surface area contributed by atoms with Gasteiger partial charge in [-0.2, -0.15) is 0 Å². The first-order valence-corrected chi connectivity index (χ1v) is 7.02. The zero-order chi connectivity index (χ0) is 12.4. The molecule has 1 aromatic carbocycles. The van der Waals surface area contributed by atoms with Gasteiger partial charge in [0.2, 0.25) is 0 Å². The molecule has 0 fully saturated rings. The van der Waals surface area contributed by atoms with Crippen molar-refractivity contribution in [2.45, 2.75) is 13.0 Å². The van der Waals surface area contributed by atoms with E-state index in [0.29, 0.717) is 5.02 Å². The number of rotatable bonds is 3. The van der Waals surface area contributed by atoms with Crippen molar-refractivity contribution in [1.82, 2.24) is 0 Å². The van der Waals surface area contributed by atoms with E-state index in [4.69, 9.17) is 11.6 Å². The molecule has 1 unspecified atom stereocenters. The van der Waals surface area contributed by atoms with Gasteiger partial charge in [0.15, 0.2) is 0 Å². The van der Waals surface area contributed by atoms with Crippen LogP contribution < -0.4 is 5.32 Å². The molecule has 1 nitrogen and oxygen atoms in total. The zero-order valence-corrected chi connectivity index (χ0v) is 12.2. The fourth-order valence-electron chi connectivity index (χ4n) is 1.47. The van der Waals surface area contributed by atoms with E-state index in [9.17, 15) is 4.39 Å². The van der Waals surface area contributed by atoms with E-state index in [1.54, 1.807) is 17.4 Å². The maximum Gasteiger partial charge on any atom is 0.124 e. The summed E-state index contributed by atoms with van der Waals surface area (Å²) >= 11 is 11.0. The fourth-order valence-corrected chi connectivity index (χ4v) is 3.12. The highest BCUT2D eigenvalue weighted by Crippen LogP contribution is 2.31. The Kier molecular flexibility index (Phi) is 4.07. The molecule has 0 amide bonds. The predicted molar refractivity (Wildman–Crippen MR) is 75.5 cm³/mol. The van der Waals surface area contributed by atoms with Gasteiger partial charge in [-0.05, 0) is 53.2 Å². The van der Waals surface area contributed by atoms with E-state index >= 15 is 0 Å². The summed E-state index contributed by atoms with van der Waals surface area (Å²) in [6, 6.07) is 8.53. The van der Waals surface area contributed by atoms with Crippen molar-refractivity contribution in [3.05, 3.63) is 49.8 Å². The van der Waals surface area contributed by atoms with Gasteiger partial charge in [-0.3, -0.25) is 0 Å². The van der Waals surface area contributed by atoms with Crippen LogP contribution >= 0.6 is 38.9 Å². The van der Waals surface area contributed by atoms with Gasteiger partial charge in [-0.25, -0.2) is 4.39 Å². The van der Waals surface area contributed by atoms with Crippen molar-refractivity contribution in [2.24, 2.45) is 0 Å². The lowest BCUT2D eigenvalue weighted by atomic mass is 10.2. The lowest BCUT2D eigenvalue weighted by Crippen LogP contribution is -2.05. The number of hydrogen-bond acceptors (Lipinski definition) is 2. The fraction of sp³-hybridized carbons (Fsp3) is 0.167. The summed E-state index contributed by atoms with van der Waals surface area (Å²) in [6.07, 6.45) is 0. The first-order valence-electron chi connectivity index (χ1n) is 5.03. The molecule has 0 spiro atoms. The molecule has 0 aliphatic heterocycles. The van der Waals surface area contributed by atoms with Gasteiger partial charge in [0, 0.05) is 4.88 Å². The van der Waals surface area contributed by atoms with Crippen LogP contribution in [0.1, 0.15) is 17.8 Å². The number of benzene rings is 1. The summed E-state index contributed by atoms with van der Waals surface area (Å²) in [7, 11) is 0. The molecule has 0 saturated heterocycles. The summed E-state index contributed by atoms with van der Waals surface area (Å²) < 4.78 is 14.0. The molecule has 1 aromatic heterocycles. The molecule has 17 heavy (non-hydrogen) atoms. The molecule has 1 N–H and O–H groups in total. The molecule has 0 radical (unpaired) electrons. The monoisotopic (exact) mass is 333 g/mol. The molecule has 0 bridgehead atoms. The van der Waals surface area contributed by atoms with Gasteiger partial charge in [-0.1, -0.05) is 11.6 Å². The normalized spacial score (nSPS) is 12.5. The van der Waals surface area contributed by atoms with Crippen LogP contribution in [0, 0.1) is 5.82 Å². The number of anilines is 1. The van der Waals surface area contributed by atoms with Crippen LogP contribution in [0.15, 0.2) is 34.1 Å². The Bertz CT molecular complexity index is 529. The third kappa shape index (κ3) is 3.21. The Morgan fingerprint density at radius 1 is 1.35 bits per heavy atom. The van der Waals surface area contributed by atoms with Crippen molar-refractivity contribution in [3.63, 3.8) is 0 Å². The minimum Gasteiger partial charge on any atom is -0.376 e. The predicted octanol–water partition coefficient (Wildman–Crippen LogP) is 5.48. The molecule has 0 aliphatic carbocycles. The average molecular weight is 335 g/mol. The molecule has 0 aliphatic rings. The highest BCUT2D eigenvalue weighted by molar-refractivity contribution is 9.11. The number of halogens is 3. The van der Waals surface area contributed by atoms with Crippen molar-refractivity contribution in [1.29, 1.82) is 0 Å². The largest absolute Gasteiger partial charge is 0.376 e. The number of nitrogens with one attached hydrogen (secondary N) is 1. The average Bonchev–Trinajstić information content (AvgIpc) is 2.69. The van der Waals surface area contributed by atoms with E-state index < -0.39 is 0 Å². The van der Waals surface area contributed by atoms with Gasteiger partial charge >= 0.3 is 0 Å². The third-order valence-electron chi connectivity index (χ3n) is 2.32. The Morgan fingerprint density at radius 3 is 2.71 bits per heavy atom. The molecule has 2 aromatic rings. The Balaban J connectivity index is 2.15. The maximum atomic E-state index is 12.9. The van der Waals surface area contributed by atoms with E-state index in [2.05, 4.69) is 21.2 Å². The van der Waals surface area contributed by atoms with Gasteiger partial charge in [-0.15, -0.1) is 11.3 Å². The molecule has 0 saturated carbocycles. The lowest BCUT2D eigenvalue weighted by Gasteiger charge is -2.14. The Hall–Kier alpha value is -0.580. The van der Waals surface area contributed by atoms with Crippen molar-refractivity contribution >= 4 is 44.6 Å². The smallest absolute Gasteiger partial charge is 0.124 e. The summed E-state index contributed by atoms with van der Waals surface area (Å²) in [5.41, 5.74) is 0.741. The summed E-state index contributed by atoms with van der Waals surface area (Å²) in [4.78, 5) is 1.19. The standard InChI is InChI=1S/C12H10BrClFNS/c1-7(11-4-5-12(13)17-11)16-10-3-2-8(15)6-9(10)14/h2-7,16H,1H3. The lowest BCUT2D eigenvalue weighted by molar-refractivity contribution is 0.628. The molecule has 5 heteroatoms. The quantitative estimate of drug-likeness (QED) is 0.784. The van der Waals surface area contributed by atoms with Crippen LogP contribution in [-0.2, 0) is 0 Å². The molecule has 90 valence electrons. The van der Waals surface area contributed by atoms with Gasteiger partial charge < -0.3 is 5.32 Å². The third-order valence-corrected chi connectivity index (χ3v) is 4.44. The van der Waals surface area contributed by atoms with Crippen LogP contribution in [0.25, 0.3) is 0 Å². The van der Waals surface area contributed by atoms with Gasteiger partial charge in [0.25, 0.3) is 0 Å². The van der Waals surface area contributed by atoms with Crippen molar-refractivity contribution < 1.29 is 4.39 Å². The topological polar surface area (TPSA) is 12.0 Å². The van der Waals surface area contributed by atoms with Crippen LogP contribution in [-0.4, -0.2) is 0 Å². The second-order valence-electron chi connectivity index (χ2n) is 3.63. The highest BCUT2D eigenvalue weighted by Gasteiger charge is 2.10. The minimum absolute atomic E-state index is 0.134. The molecule has 1 atom stereocenters. The minimum atomic E-state index is -0.327. The van der Waals surface area contributed by atoms with Gasteiger partial charge in [0.05, 0.1) is 20.5 Å². The van der Waals surface area contributed by atoms with Crippen LogP contribution in [0.4, 0.5) is 10.1 Å². The summed E-state index contributed by atoms with van der Waals surface area (Å²) in [5.74, 6) is -0.327. The van der Waals surface area contributed by atoms with E-state index in [1.807, 2.05) is 19.1 Å². The molecule has 1 heterocycles. The first-order chi connectivity index (χ1) is 8.06. The Labute approximate surface area is 117 Å². The van der Waals surface area contributed by atoms with Crippen LogP contribution in [0.5, 0.6) is 0 Å². The van der Waals surface area contributed by atoms with Crippen LogP contribution in [0.3, 0.4) is 0 Å². The van der Waals surface area contributed by atoms with Crippen molar-refractivity contribution in [3.8, 4) is 0 Å². The van der Waals surface area contributed by atoms with E-state index in [-0.39, 0.29) is 11.9 Å². The maximum absolute atomic E-state index is 12.9. The summed E-state index contributed by atoms with van der Waals surface area (Å²) in [5, 5.41) is 3.65.